The summed E-state index contributed by atoms with van der Waals surface area (Å²) in [7, 11) is 0. The minimum Gasteiger partial charge on any atom is -0.405 e. The van der Waals surface area contributed by atoms with E-state index in [1.54, 1.807) is 0 Å². The van der Waals surface area contributed by atoms with Crippen molar-refractivity contribution < 1.29 is 4.65 Å². The number of nitrogens with zero attached hydrogens (tertiary/aromatic N) is 1. The van der Waals surface area contributed by atoms with E-state index in [-0.39, 0.29) is 12.6 Å². The van der Waals surface area contributed by atoms with Crippen LogP contribution < -0.4 is 0 Å². The van der Waals surface area contributed by atoms with Gasteiger partial charge >= 0.3 is 6.47 Å². The van der Waals surface area contributed by atoms with Crippen molar-refractivity contribution in [2.45, 2.75) is 72.6 Å². The fourth-order valence-electron chi connectivity index (χ4n) is 1.72. The molecule has 1 unspecified atom stereocenters. The van der Waals surface area contributed by atoms with Crippen LogP contribution in [0.2, 0.25) is 0 Å². The summed E-state index contributed by atoms with van der Waals surface area (Å²) in [5.41, 5.74) is 0. The average molecular weight is 258 g/mol. The third-order valence-corrected chi connectivity index (χ3v) is 2.79. The van der Waals surface area contributed by atoms with Gasteiger partial charge in [-0.05, 0) is 19.0 Å². The summed E-state index contributed by atoms with van der Waals surface area (Å²) in [6, 6.07) is 0.734. The van der Waals surface area contributed by atoms with Crippen LogP contribution in [0.4, 0.5) is 0 Å². The topological polar surface area (TPSA) is 12.5 Å². The molecule has 0 aromatic heterocycles. The second-order valence-corrected chi connectivity index (χ2v) is 5.16. The highest BCUT2D eigenvalue weighted by molar-refractivity contribution is 7.01. The van der Waals surface area contributed by atoms with E-state index in [1.807, 2.05) is 13.8 Å². The first-order valence-electron chi connectivity index (χ1n) is 6.42. The maximum Gasteiger partial charge on any atom is 0.494 e. The van der Waals surface area contributed by atoms with E-state index in [9.17, 15) is 0 Å². The number of hydrogen-bond donors (Lipinski definition) is 0. The van der Waals surface area contributed by atoms with Crippen LogP contribution in [0.25, 0.3) is 0 Å². The van der Waals surface area contributed by atoms with Gasteiger partial charge in [0.15, 0.2) is 0 Å². The molecule has 1 atom stereocenters. The summed E-state index contributed by atoms with van der Waals surface area (Å²) in [5, 5.41) is 0. The first-order chi connectivity index (χ1) is 7.90. The summed E-state index contributed by atoms with van der Waals surface area (Å²) in [4.78, 5) is 2.14. The first-order valence-corrected chi connectivity index (χ1v) is 6.86. The van der Waals surface area contributed by atoms with Crippen molar-refractivity contribution in [3.8, 4) is 11.8 Å². The van der Waals surface area contributed by atoms with Crippen molar-refractivity contribution in [1.82, 2.24) is 4.81 Å². The minimum absolute atomic E-state index is 0.0662. The normalized spacial score (nSPS) is 12.8. The SMILES string of the molecule is CCC#CCC(C)OB(Cl)N(C(C)C)C(C)C. The summed E-state index contributed by atoms with van der Waals surface area (Å²) >= 11 is 6.30. The largest absolute Gasteiger partial charge is 0.494 e. The van der Waals surface area contributed by atoms with Crippen molar-refractivity contribution in [3.05, 3.63) is 0 Å². The summed E-state index contributed by atoms with van der Waals surface area (Å²) in [5.74, 6) is 6.13. The molecule has 0 heterocycles. The molecular formula is C13H25BClNO. The van der Waals surface area contributed by atoms with Crippen LogP contribution >= 0.6 is 11.5 Å². The van der Waals surface area contributed by atoms with Crippen LogP contribution in [-0.2, 0) is 4.65 Å². The van der Waals surface area contributed by atoms with E-state index in [2.05, 4.69) is 44.3 Å². The molecule has 4 heteroatoms. The van der Waals surface area contributed by atoms with Gasteiger partial charge in [0.1, 0.15) is 0 Å². The third-order valence-electron chi connectivity index (χ3n) is 2.46. The highest BCUT2D eigenvalue weighted by atomic mass is 35.5. The Balaban J connectivity index is 4.25. The molecule has 0 spiro atoms. The Morgan fingerprint density at radius 2 is 1.65 bits per heavy atom. The Morgan fingerprint density at radius 3 is 2.06 bits per heavy atom. The first kappa shape index (κ1) is 16.8. The van der Waals surface area contributed by atoms with Crippen molar-refractivity contribution in [3.63, 3.8) is 0 Å². The van der Waals surface area contributed by atoms with Crippen LogP contribution in [0, 0.1) is 11.8 Å². The molecule has 0 aromatic rings. The molecule has 0 aliphatic carbocycles. The quantitative estimate of drug-likeness (QED) is 0.533. The van der Waals surface area contributed by atoms with Crippen LogP contribution in [0.15, 0.2) is 0 Å². The molecule has 98 valence electrons. The summed E-state index contributed by atoms with van der Waals surface area (Å²) in [6.07, 6.45) is 1.69. The predicted octanol–water partition coefficient (Wildman–Crippen LogP) is 3.54. The smallest absolute Gasteiger partial charge is 0.405 e. The zero-order chi connectivity index (χ0) is 13.4. The lowest BCUT2D eigenvalue weighted by atomic mass is 10.0. The zero-order valence-electron chi connectivity index (χ0n) is 12.0. The Bertz CT molecular complexity index is 252. The van der Waals surface area contributed by atoms with Crippen LogP contribution in [0.3, 0.4) is 0 Å². The molecule has 0 aromatic carbocycles. The minimum atomic E-state index is -0.381. The Kier molecular flexibility index (Phi) is 8.77. The molecule has 0 fully saturated rings. The molecule has 0 aliphatic rings. The Morgan fingerprint density at radius 1 is 1.12 bits per heavy atom. The molecule has 0 radical (unpaired) electrons. The molecule has 0 saturated carbocycles. The van der Waals surface area contributed by atoms with Crippen molar-refractivity contribution in [2.75, 3.05) is 0 Å². The lowest BCUT2D eigenvalue weighted by Crippen LogP contribution is -2.48. The van der Waals surface area contributed by atoms with E-state index >= 15 is 0 Å². The second kappa shape index (κ2) is 8.86. The highest BCUT2D eigenvalue weighted by Crippen LogP contribution is 2.14. The number of halogens is 1. The zero-order valence-corrected chi connectivity index (χ0v) is 12.7. The molecular weight excluding hydrogens is 232 g/mol. The molecule has 0 bridgehead atoms. The van der Waals surface area contributed by atoms with Gasteiger partial charge in [0.05, 0.1) is 6.10 Å². The molecule has 17 heavy (non-hydrogen) atoms. The monoisotopic (exact) mass is 257 g/mol. The van der Waals surface area contributed by atoms with Crippen LogP contribution in [0.5, 0.6) is 0 Å². The van der Waals surface area contributed by atoms with Gasteiger partial charge in [-0.2, -0.15) is 0 Å². The van der Waals surface area contributed by atoms with Gasteiger partial charge in [-0.1, -0.05) is 34.6 Å². The van der Waals surface area contributed by atoms with Gasteiger partial charge in [0.2, 0.25) is 0 Å². The van der Waals surface area contributed by atoms with Crippen molar-refractivity contribution >= 4 is 17.9 Å². The van der Waals surface area contributed by atoms with E-state index in [0.29, 0.717) is 12.1 Å². The number of hydrogen-bond acceptors (Lipinski definition) is 2. The van der Waals surface area contributed by atoms with E-state index in [0.717, 1.165) is 12.8 Å². The van der Waals surface area contributed by atoms with Crippen molar-refractivity contribution in [2.24, 2.45) is 0 Å². The summed E-state index contributed by atoms with van der Waals surface area (Å²) < 4.78 is 5.77. The average Bonchev–Trinajstić information content (AvgIpc) is 2.16. The van der Waals surface area contributed by atoms with Crippen molar-refractivity contribution in [1.29, 1.82) is 0 Å². The predicted molar refractivity (Wildman–Crippen MR) is 76.9 cm³/mol. The van der Waals surface area contributed by atoms with Gasteiger partial charge in [-0.3, -0.25) is 4.81 Å². The van der Waals surface area contributed by atoms with Crippen LogP contribution in [-0.4, -0.2) is 29.5 Å². The number of rotatable bonds is 6. The molecule has 0 amide bonds. The third kappa shape index (κ3) is 6.98. The second-order valence-electron chi connectivity index (χ2n) is 4.78. The molecule has 0 N–H and O–H groups in total. The van der Waals surface area contributed by atoms with Gasteiger partial charge in [0.25, 0.3) is 0 Å². The molecule has 0 aliphatic heterocycles. The Hall–Kier alpha value is -0.165. The fourth-order valence-corrected chi connectivity index (χ4v) is 2.34. The van der Waals surface area contributed by atoms with E-state index in [4.69, 9.17) is 16.1 Å². The Labute approximate surface area is 112 Å². The van der Waals surface area contributed by atoms with Gasteiger partial charge in [0, 0.05) is 12.8 Å². The maximum absolute atomic E-state index is 6.30. The highest BCUT2D eigenvalue weighted by Gasteiger charge is 2.29. The van der Waals surface area contributed by atoms with Gasteiger partial charge < -0.3 is 4.65 Å². The fraction of sp³-hybridized carbons (Fsp3) is 0.846. The molecule has 0 saturated heterocycles. The maximum atomic E-state index is 6.30. The van der Waals surface area contributed by atoms with E-state index in [1.165, 1.54) is 0 Å². The molecule has 0 rings (SSSR count). The lowest BCUT2D eigenvalue weighted by Gasteiger charge is -2.33. The van der Waals surface area contributed by atoms with Gasteiger partial charge in [-0.15, -0.1) is 23.3 Å². The molecule has 2 nitrogen and oxygen atoms in total. The lowest BCUT2D eigenvalue weighted by molar-refractivity contribution is 0.177. The standard InChI is InChI=1S/C13H25BClNO/c1-7-8-9-10-13(6)17-14(15)16(11(2)3)12(4)5/h11-13H,7,10H2,1-6H3. The summed E-state index contributed by atoms with van der Waals surface area (Å²) in [6.45, 7) is 12.2. The van der Waals surface area contributed by atoms with Gasteiger partial charge in [-0.25, -0.2) is 0 Å². The van der Waals surface area contributed by atoms with Crippen LogP contribution in [0.1, 0.15) is 54.4 Å². The van der Waals surface area contributed by atoms with E-state index < -0.39 is 0 Å².